The molecule has 1 aliphatic heterocycles. The number of hydrogen-bond acceptors (Lipinski definition) is 2. The first-order valence-corrected chi connectivity index (χ1v) is 6.61. The number of rotatable bonds is 6. The Hall–Kier alpha value is -0.0800. The van der Waals surface area contributed by atoms with E-state index in [9.17, 15) is 0 Å². The number of nitrogens with zero attached hydrogens (tertiary/aromatic N) is 1. The smallest absolute Gasteiger partial charge is 0.00951 e. The first kappa shape index (κ1) is 13.0. The van der Waals surface area contributed by atoms with Crippen molar-refractivity contribution in [1.82, 2.24) is 10.2 Å². The van der Waals surface area contributed by atoms with Crippen LogP contribution in [0.4, 0.5) is 0 Å². The van der Waals surface area contributed by atoms with E-state index in [4.69, 9.17) is 0 Å². The van der Waals surface area contributed by atoms with E-state index in [2.05, 4.69) is 38.0 Å². The number of hydrogen-bond donors (Lipinski definition) is 1. The van der Waals surface area contributed by atoms with Crippen LogP contribution in [0, 0.1) is 11.8 Å². The first-order chi connectivity index (χ1) is 7.22. The molecule has 1 rings (SSSR count). The Morgan fingerprint density at radius 2 is 2.00 bits per heavy atom. The highest BCUT2D eigenvalue weighted by molar-refractivity contribution is 4.83. The largest absolute Gasteiger partial charge is 0.319 e. The topological polar surface area (TPSA) is 15.3 Å². The Balaban J connectivity index is 2.38. The normalized spacial score (nSPS) is 25.0. The van der Waals surface area contributed by atoms with Crippen LogP contribution in [0.3, 0.4) is 0 Å². The molecule has 0 radical (unpaired) electrons. The van der Waals surface area contributed by atoms with E-state index in [-0.39, 0.29) is 0 Å². The van der Waals surface area contributed by atoms with Gasteiger partial charge >= 0.3 is 0 Å². The molecule has 0 aromatic carbocycles. The predicted molar refractivity (Wildman–Crippen MR) is 67.1 cm³/mol. The molecule has 0 spiro atoms. The van der Waals surface area contributed by atoms with Crippen molar-refractivity contribution in [1.29, 1.82) is 0 Å². The van der Waals surface area contributed by atoms with Gasteiger partial charge in [-0.2, -0.15) is 0 Å². The zero-order valence-corrected chi connectivity index (χ0v) is 10.9. The molecule has 2 unspecified atom stereocenters. The third-order valence-corrected chi connectivity index (χ3v) is 4.12. The van der Waals surface area contributed by atoms with E-state index in [1.54, 1.807) is 0 Å². The van der Waals surface area contributed by atoms with Crippen molar-refractivity contribution in [3.8, 4) is 0 Å². The molecule has 1 fully saturated rings. The van der Waals surface area contributed by atoms with Crippen LogP contribution in [0.2, 0.25) is 0 Å². The second-order valence-corrected chi connectivity index (χ2v) is 5.02. The van der Waals surface area contributed by atoms with Crippen LogP contribution in [-0.2, 0) is 0 Å². The molecule has 0 amide bonds. The maximum atomic E-state index is 3.30. The van der Waals surface area contributed by atoms with E-state index in [0.29, 0.717) is 0 Å². The summed E-state index contributed by atoms with van der Waals surface area (Å²) in [6, 6.07) is 0.779. The lowest BCUT2D eigenvalue weighted by Crippen LogP contribution is -2.37. The lowest BCUT2D eigenvalue weighted by Gasteiger charge is -2.30. The molecular weight excluding hydrogens is 184 g/mol. The van der Waals surface area contributed by atoms with Gasteiger partial charge in [-0.3, -0.25) is 0 Å². The van der Waals surface area contributed by atoms with Crippen LogP contribution in [0.25, 0.3) is 0 Å². The molecule has 0 aliphatic carbocycles. The molecular formula is C13H28N2. The molecule has 0 aromatic rings. The van der Waals surface area contributed by atoms with Gasteiger partial charge in [-0.25, -0.2) is 0 Å². The lowest BCUT2D eigenvalue weighted by atomic mass is 9.94. The molecule has 15 heavy (non-hydrogen) atoms. The Morgan fingerprint density at radius 1 is 1.33 bits per heavy atom. The number of nitrogens with one attached hydrogen (secondary N) is 1. The average Bonchev–Trinajstić information content (AvgIpc) is 2.68. The highest BCUT2D eigenvalue weighted by Gasteiger charge is 2.28. The fourth-order valence-corrected chi connectivity index (χ4v) is 2.96. The van der Waals surface area contributed by atoms with Gasteiger partial charge in [0.05, 0.1) is 0 Å². The third-order valence-electron chi connectivity index (χ3n) is 4.12. The summed E-state index contributed by atoms with van der Waals surface area (Å²) in [5.41, 5.74) is 0. The Labute approximate surface area is 95.4 Å². The van der Waals surface area contributed by atoms with Gasteiger partial charge in [-0.1, -0.05) is 26.7 Å². The summed E-state index contributed by atoms with van der Waals surface area (Å²) in [4.78, 5) is 2.69. The SMILES string of the molecule is CCC(CC)C(C)N1CCC(CNC)C1. The number of likely N-dealkylation sites (tertiary alicyclic amines) is 1. The van der Waals surface area contributed by atoms with Crippen molar-refractivity contribution in [2.24, 2.45) is 11.8 Å². The average molecular weight is 212 g/mol. The van der Waals surface area contributed by atoms with Gasteiger partial charge in [0.1, 0.15) is 0 Å². The summed E-state index contributed by atoms with van der Waals surface area (Å²) in [5, 5.41) is 3.30. The van der Waals surface area contributed by atoms with Crippen molar-refractivity contribution >= 4 is 0 Å². The molecule has 2 atom stereocenters. The van der Waals surface area contributed by atoms with Gasteiger partial charge in [-0.05, 0) is 45.3 Å². The molecule has 1 N–H and O–H groups in total. The van der Waals surface area contributed by atoms with E-state index in [1.165, 1.54) is 38.9 Å². The first-order valence-electron chi connectivity index (χ1n) is 6.61. The molecule has 2 heteroatoms. The Kier molecular flexibility index (Phi) is 5.62. The summed E-state index contributed by atoms with van der Waals surface area (Å²) in [6.45, 7) is 10.9. The highest BCUT2D eigenvalue weighted by Crippen LogP contribution is 2.24. The zero-order valence-electron chi connectivity index (χ0n) is 10.9. The van der Waals surface area contributed by atoms with Crippen LogP contribution in [-0.4, -0.2) is 37.6 Å². The van der Waals surface area contributed by atoms with E-state index in [0.717, 1.165) is 17.9 Å². The summed E-state index contributed by atoms with van der Waals surface area (Å²) >= 11 is 0. The summed E-state index contributed by atoms with van der Waals surface area (Å²) in [5.74, 6) is 1.77. The van der Waals surface area contributed by atoms with Crippen molar-refractivity contribution in [3.05, 3.63) is 0 Å². The monoisotopic (exact) mass is 212 g/mol. The van der Waals surface area contributed by atoms with Gasteiger partial charge in [0.2, 0.25) is 0 Å². The van der Waals surface area contributed by atoms with E-state index in [1.807, 2.05) is 0 Å². The Morgan fingerprint density at radius 3 is 2.53 bits per heavy atom. The van der Waals surface area contributed by atoms with E-state index >= 15 is 0 Å². The fourth-order valence-electron chi connectivity index (χ4n) is 2.96. The molecule has 2 nitrogen and oxygen atoms in total. The molecule has 90 valence electrons. The van der Waals surface area contributed by atoms with Crippen LogP contribution < -0.4 is 5.32 Å². The van der Waals surface area contributed by atoms with Gasteiger partial charge < -0.3 is 10.2 Å². The van der Waals surface area contributed by atoms with E-state index < -0.39 is 0 Å². The van der Waals surface area contributed by atoms with Gasteiger partial charge in [0.25, 0.3) is 0 Å². The Bertz CT molecular complexity index is 166. The van der Waals surface area contributed by atoms with Gasteiger partial charge in [0, 0.05) is 12.6 Å². The quantitative estimate of drug-likeness (QED) is 0.727. The summed E-state index contributed by atoms with van der Waals surface area (Å²) in [7, 11) is 2.06. The minimum atomic E-state index is 0.779. The highest BCUT2D eigenvalue weighted by atomic mass is 15.2. The van der Waals surface area contributed by atoms with Crippen LogP contribution in [0.15, 0.2) is 0 Å². The zero-order chi connectivity index (χ0) is 11.3. The molecule has 0 saturated carbocycles. The predicted octanol–water partition coefficient (Wildman–Crippen LogP) is 2.35. The van der Waals surface area contributed by atoms with Gasteiger partial charge in [0.15, 0.2) is 0 Å². The van der Waals surface area contributed by atoms with Gasteiger partial charge in [-0.15, -0.1) is 0 Å². The molecule has 1 saturated heterocycles. The van der Waals surface area contributed by atoms with Crippen LogP contribution in [0.5, 0.6) is 0 Å². The standard InChI is InChI=1S/C13H28N2/c1-5-13(6-2)11(3)15-8-7-12(10-15)9-14-4/h11-14H,5-10H2,1-4H3. The maximum Gasteiger partial charge on any atom is 0.00951 e. The second kappa shape index (κ2) is 6.49. The van der Waals surface area contributed by atoms with Crippen molar-refractivity contribution in [2.45, 2.75) is 46.1 Å². The van der Waals surface area contributed by atoms with Crippen molar-refractivity contribution < 1.29 is 0 Å². The minimum absolute atomic E-state index is 0.779. The molecule has 0 bridgehead atoms. The third kappa shape index (κ3) is 3.46. The fraction of sp³-hybridized carbons (Fsp3) is 1.00. The molecule has 1 heterocycles. The van der Waals surface area contributed by atoms with Crippen molar-refractivity contribution in [3.63, 3.8) is 0 Å². The van der Waals surface area contributed by atoms with Crippen LogP contribution in [0.1, 0.15) is 40.0 Å². The van der Waals surface area contributed by atoms with Crippen LogP contribution >= 0.6 is 0 Å². The second-order valence-electron chi connectivity index (χ2n) is 5.02. The molecule has 1 aliphatic rings. The lowest BCUT2D eigenvalue weighted by molar-refractivity contribution is 0.175. The van der Waals surface area contributed by atoms with Crippen molar-refractivity contribution in [2.75, 3.05) is 26.7 Å². The minimum Gasteiger partial charge on any atom is -0.319 e. The summed E-state index contributed by atoms with van der Waals surface area (Å²) < 4.78 is 0. The molecule has 0 aromatic heterocycles. The summed E-state index contributed by atoms with van der Waals surface area (Å²) in [6.07, 6.45) is 4.03. The maximum absolute atomic E-state index is 3.30.